The highest BCUT2D eigenvalue weighted by Crippen LogP contribution is 2.38. The number of anilines is 1. The molecule has 0 bridgehead atoms. The molecule has 1 aliphatic carbocycles. The van der Waals surface area contributed by atoms with E-state index in [2.05, 4.69) is 15.5 Å². The van der Waals surface area contributed by atoms with Crippen LogP contribution in [-0.2, 0) is 35.5 Å². The molecule has 0 saturated carbocycles. The van der Waals surface area contributed by atoms with Gasteiger partial charge in [-0.25, -0.2) is 4.79 Å². The van der Waals surface area contributed by atoms with Crippen molar-refractivity contribution in [2.45, 2.75) is 57.8 Å². The Morgan fingerprint density at radius 2 is 2.06 bits per heavy atom. The zero-order chi connectivity index (χ0) is 24.1. The van der Waals surface area contributed by atoms with Gasteiger partial charge in [0.2, 0.25) is 5.91 Å². The van der Waals surface area contributed by atoms with E-state index in [0.717, 1.165) is 42.6 Å². The number of amides is 1. The monoisotopic (exact) mass is 500 g/mol. The molecule has 34 heavy (non-hydrogen) atoms. The number of fused-ring (bicyclic) bond motifs is 1. The van der Waals surface area contributed by atoms with Crippen molar-refractivity contribution >= 4 is 40.0 Å². The van der Waals surface area contributed by atoms with Crippen molar-refractivity contribution in [1.82, 2.24) is 14.8 Å². The Kier molecular flexibility index (Phi) is 7.89. The van der Waals surface area contributed by atoms with Crippen molar-refractivity contribution in [3.05, 3.63) is 51.7 Å². The average molecular weight is 501 g/mol. The molecule has 0 aliphatic heterocycles. The highest BCUT2D eigenvalue weighted by atomic mass is 32.2. The summed E-state index contributed by atoms with van der Waals surface area (Å²) in [6.45, 7) is 4.97. The third-order valence-electron chi connectivity index (χ3n) is 5.61. The van der Waals surface area contributed by atoms with E-state index in [4.69, 9.17) is 9.47 Å². The SMILES string of the molecule is CCn1c(COc2cccc(C)c2)nnc1SCC(=O)Nc1sc2c(c1C(=O)OC)CCCC2. The second-order valence-corrected chi connectivity index (χ2v) is 10.0. The fraction of sp³-hybridized carbons (Fsp3) is 0.417. The number of thioether (sulfide) groups is 1. The third-order valence-corrected chi connectivity index (χ3v) is 7.79. The molecule has 1 N–H and O–H groups in total. The Labute approximate surface area is 207 Å². The summed E-state index contributed by atoms with van der Waals surface area (Å²) in [5.74, 6) is 1.04. The Hall–Kier alpha value is -2.85. The lowest BCUT2D eigenvalue weighted by molar-refractivity contribution is -0.113. The summed E-state index contributed by atoms with van der Waals surface area (Å²) in [5, 5.41) is 12.7. The summed E-state index contributed by atoms with van der Waals surface area (Å²) < 4.78 is 12.8. The van der Waals surface area contributed by atoms with E-state index >= 15 is 0 Å². The van der Waals surface area contributed by atoms with Gasteiger partial charge in [0.15, 0.2) is 11.0 Å². The molecule has 0 radical (unpaired) electrons. The van der Waals surface area contributed by atoms with Crippen molar-refractivity contribution in [2.75, 3.05) is 18.2 Å². The van der Waals surface area contributed by atoms with E-state index in [-0.39, 0.29) is 11.7 Å². The lowest BCUT2D eigenvalue weighted by Crippen LogP contribution is -2.17. The zero-order valence-electron chi connectivity index (χ0n) is 19.6. The third kappa shape index (κ3) is 5.44. The summed E-state index contributed by atoms with van der Waals surface area (Å²) in [7, 11) is 1.37. The molecule has 4 rings (SSSR count). The van der Waals surface area contributed by atoms with Gasteiger partial charge in [-0.05, 0) is 62.8 Å². The number of methoxy groups -OCH3 is 1. The minimum atomic E-state index is -0.397. The van der Waals surface area contributed by atoms with Crippen LogP contribution in [0.2, 0.25) is 0 Å². The van der Waals surface area contributed by atoms with Crippen molar-refractivity contribution in [2.24, 2.45) is 0 Å². The number of aryl methyl sites for hydroxylation is 2. The first kappa shape index (κ1) is 24.3. The van der Waals surface area contributed by atoms with E-state index in [1.165, 1.54) is 35.1 Å². The average Bonchev–Trinajstić information content (AvgIpc) is 3.41. The molecule has 2 aromatic heterocycles. The molecule has 2 heterocycles. The maximum absolute atomic E-state index is 12.8. The van der Waals surface area contributed by atoms with Crippen LogP contribution in [0.5, 0.6) is 5.75 Å². The van der Waals surface area contributed by atoms with Gasteiger partial charge in [0, 0.05) is 11.4 Å². The number of nitrogens with one attached hydrogen (secondary N) is 1. The fourth-order valence-electron chi connectivity index (χ4n) is 3.97. The van der Waals surface area contributed by atoms with Crippen LogP contribution in [0.25, 0.3) is 0 Å². The Morgan fingerprint density at radius 1 is 1.24 bits per heavy atom. The first-order chi connectivity index (χ1) is 16.5. The van der Waals surface area contributed by atoms with Crippen LogP contribution < -0.4 is 10.1 Å². The van der Waals surface area contributed by atoms with E-state index in [9.17, 15) is 9.59 Å². The molecule has 0 saturated heterocycles. The molecular formula is C24H28N4O4S2. The highest BCUT2D eigenvalue weighted by molar-refractivity contribution is 7.99. The van der Waals surface area contributed by atoms with Gasteiger partial charge in [0.05, 0.1) is 18.4 Å². The Morgan fingerprint density at radius 3 is 2.82 bits per heavy atom. The quantitative estimate of drug-likeness (QED) is 0.338. The van der Waals surface area contributed by atoms with Crippen LogP contribution >= 0.6 is 23.1 Å². The van der Waals surface area contributed by atoms with Crippen molar-refractivity contribution < 1.29 is 19.1 Å². The Balaban J connectivity index is 1.40. The molecule has 0 unspecified atom stereocenters. The lowest BCUT2D eigenvalue weighted by atomic mass is 9.95. The summed E-state index contributed by atoms with van der Waals surface area (Å²) >= 11 is 2.79. The van der Waals surface area contributed by atoms with Gasteiger partial charge in [0.1, 0.15) is 17.4 Å². The summed E-state index contributed by atoms with van der Waals surface area (Å²) in [6.07, 6.45) is 3.91. The number of nitrogens with zero attached hydrogens (tertiary/aromatic N) is 3. The first-order valence-corrected chi connectivity index (χ1v) is 13.1. The van der Waals surface area contributed by atoms with Gasteiger partial charge < -0.3 is 19.4 Å². The van der Waals surface area contributed by atoms with Gasteiger partial charge in [-0.2, -0.15) is 0 Å². The van der Waals surface area contributed by atoms with Crippen molar-refractivity contribution in [3.63, 3.8) is 0 Å². The van der Waals surface area contributed by atoms with Crippen molar-refractivity contribution in [1.29, 1.82) is 0 Å². The smallest absolute Gasteiger partial charge is 0.341 e. The standard InChI is InChI=1S/C24H28N4O4S2/c1-4-28-19(13-32-16-9-7-8-15(2)12-16)26-27-24(28)33-14-20(29)25-22-21(23(30)31-3)17-10-5-6-11-18(17)34-22/h7-9,12H,4-6,10-11,13-14H2,1-3H3,(H,25,29). The van der Waals surface area contributed by atoms with Crippen LogP contribution in [0, 0.1) is 6.92 Å². The normalized spacial score (nSPS) is 12.8. The van der Waals surface area contributed by atoms with Gasteiger partial charge in [-0.15, -0.1) is 21.5 Å². The van der Waals surface area contributed by atoms with E-state index in [0.29, 0.717) is 34.7 Å². The predicted molar refractivity (Wildman–Crippen MR) is 133 cm³/mol. The first-order valence-electron chi connectivity index (χ1n) is 11.3. The number of rotatable bonds is 9. The van der Waals surface area contributed by atoms with Gasteiger partial charge in [-0.1, -0.05) is 23.9 Å². The zero-order valence-corrected chi connectivity index (χ0v) is 21.2. The maximum Gasteiger partial charge on any atom is 0.341 e. The minimum absolute atomic E-state index is 0.153. The molecule has 1 aliphatic rings. The summed E-state index contributed by atoms with van der Waals surface area (Å²) in [4.78, 5) is 26.3. The number of hydrogen-bond donors (Lipinski definition) is 1. The molecule has 0 atom stereocenters. The largest absolute Gasteiger partial charge is 0.486 e. The summed E-state index contributed by atoms with van der Waals surface area (Å²) in [6, 6.07) is 7.84. The molecule has 1 aromatic carbocycles. The highest BCUT2D eigenvalue weighted by Gasteiger charge is 2.27. The number of aromatic nitrogens is 3. The number of esters is 1. The molecule has 8 nitrogen and oxygen atoms in total. The second kappa shape index (κ2) is 11.1. The fourth-order valence-corrected chi connectivity index (χ4v) is 6.08. The van der Waals surface area contributed by atoms with Crippen LogP contribution in [-0.4, -0.2) is 39.5 Å². The predicted octanol–water partition coefficient (Wildman–Crippen LogP) is 4.64. The summed E-state index contributed by atoms with van der Waals surface area (Å²) in [5.41, 5.74) is 2.65. The number of thiophene rings is 1. The molecule has 0 fully saturated rings. The van der Waals surface area contributed by atoms with Crippen LogP contribution in [0.1, 0.15) is 52.0 Å². The number of benzene rings is 1. The van der Waals surface area contributed by atoms with Gasteiger partial charge >= 0.3 is 5.97 Å². The molecule has 3 aromatic rings. The van der Waals surface area contributed by atoms with Gasteiger partial charge in [0.25, 0.3) is 0 Å². The lowest BCUT2D eigenvalue weighted by Gasteiger charge is -2.11. The molecule has 180 valence electrons. The van der Waals surface area contributed by atoms with Crippen LogP contribution in [0.4, 0.5) is 5.00 Å². The molecular weight excluding hydrogens is 472 g/mol. The second-order valence-electron chi connectivity index (χ2n) is 7.99. The van der Waals surface area contributed by atoms with Crippen LogP contribution in [0.3, 0.4) is 0 Å². The van der Waals surface area contributed by atoms with E-state index in [1.807, 2.05) is 42.7 Å². The topological polar surface area (TPSA) is 95.3 Å². The van der Waals surface area contributed by atoms with E-state index in [1.54, 1.807) is 0 Å². The Bertz CT molecular complexity index is 1190. The molecule has 1 amide bonds. The number of hydrogen-bond acceptors (Lipinski definition) is 8. The van der Waals surface area contributed by atoms with Crippen molar-refractivity contribution in [3.8, 4) is 5.75 Å². The number of carbonyl (C=O) groups is 2. The molecule has 0 spiro atoms. The maximum atomic E-state index is 12.8. The number of ether oxygens (including phenoxy) is 2. The van der Waals surface area contributed by atoms with Gasteiger partial charge in [-0.3, -0.25) is 4.79 Å². The number of carbonyl (C=O) groups excluding carboxylic acids is 2. The molecule has 10 heteroatoms. The minimum Gasteiger partial charge on any atom is -0.486 e. The van der Waals surface area contributed by atoms with E-state index < -0.39 is 5.97 Å². The van der Waals surface area contributed by atoms with Crippen LogP contribution in [0.15, 0.2) is 29.4 Å².